The number of hydrogen-bond donors (Lipinski definition) is 1. The minimum atomic E-state index is -3.43. The van der Waals surface area contributed by atoms with Gasteiger partial charge in [-0.05, 0) is 24.9 Å². The number of hydrogen-bond acceptors (Lipinski definition) is 3. The summed E-state index contributed by atoms with van der Waals surface area (Å²) in [5.74, 6) is 0. The van der Waals surface area contributed by atoms with Crippen molar-refractivity contribution >= 4 is 10.2 Å². The van der Waals surface area contributed by atoms with Gasteiger partial charge in [-0.1, -0.05) is 43.7 Å². The van der Waals surface area contributed by atoms with E-state index in [9.17, 15) is 8.42 Å². The third-order valence-electron chi connectivity index (χ3n) is 3.36. The maximum Gasteiger partial charge on any atom is 0.282 e. The molecule has 0 aliphatic carbocycles. The quantitative estimate of drug-likeness (QED) is 0.716. The van der Waals surface area contributed by atoms with Crippen LogP contribution in [0.2, 0.25) is 0 Å². The lowest BCUT2D eigenvalue weighted by molar-refractivity contribution is 0.349. The summed E-state index contributed by atoms with van der Waals surface area (Å²) in [4.78, 5) is 0. The predicted octanol–water partition coefficient (Wildman–Crippen LogP) is 1.81. The first-order valence-electron chi connectivity index (χ1n) is 7.47. The van der Waals surface area contributed by atoms with E-state index in [0.717, 1.165) is 18.4 Å². The first-order valence-corrected chi connectivity index (χ1v) is 8.87. The molecule has 0 saturated heterocycles. The Labute approximate surface area is 128 Å². The zero-order valence-electron chi connectivity index (χ0n) is 13.0. The Morgan fingerprint density at radius 3 is 2.33 bits per heavy atom. The normalized spacial score (nSPS) is 12.2. The van der Waals surface area contributed by atoms with Gasteiger partial charge in [0.1, 0.15) is 0 Å². The summed E-state index contributed by atoms with van der Waals surface area (Å²) in [7, 11) is -1.79. The molecule has 120 valence electrons. The van der Waals surface area contributed by atoms with Crippen molar-refractivity contribution in [1.29, 1.82) is 0 Å². The molecule has 0 bridgehead atoms. The molecule has 0 atom stereocenters. The molecule has 1 aromatic carbocycles. The maximum atomic E-state index is 12.7. The summed E-state index contributed by atoms with van der Waals surface area (Å²) in [6.45, 7) is 3.92. The Bertz CT molecular complexity index is 491. The van der Waals surface area contributed by atoms with E-state index in [4.69, 9.17) is 5.73 Å². The molecule has 2 N–H and O–H groups in total. The Morgan fingerprint density at radius 1 is 1.10 bits per heavy atom. The molecule has 0 aromatic heterocycles. The van der Waals surface area contributed by atoms with Gasteiger partial charge in [0.2, 0.25) is 0 Å². The summed E-state index contributed by atoms with van der Waals surface area (Å²) in [5.41, 5.74) is 6.52. The van der Waals surface area contributed by atoms with Gasteiger partial charge in [-0.2, -0.15) is 17.0 Å². The fourth-order valence-electron chi connectivity index (χ4n) is 2.02. The van der Waals surface area contributed by atoms with Gasteiger partial charge >= 0.3 is 0 Å². The molecule has 6 heteroatoms. The second-order valence-corrected chi connectivity index (χ2v) is 7.18. The predicted molar refractivity (Wildman–Crippen MR) is 87.0 cm³/mol. The van der Waals surface area contributed by atoms with Gasteiger partial charge in [-0.3, -0.25) is 0 Å². The Balaban J connectivity index is 2.84. The molecule has 0 heterocycles. The van der Waals surface area contributed by atoms with E-state index in [2.05, 4.69) is 6.92 Å². The fourth-order valence-corrected chi connectivity index (χ4v) is 3.45. The van der Waals surface area contributed by atoms with Crippen LogP contribution in [0.15, 0.2) is 30.3 Å². The molecular formula is C15H27N3O2S. The molecule has 0 unspecified atom stereocenters. The molecular weight excluding hydrogens is 286 g/mol. The van der Waals surface area contributed by atoms with E-state index in [1.54, 1.807) is 7.05 Å². The lowest BCUT2D eigenvalue weighted by Crippen LogP contribution is -2.42. The van der Waals surface area contributed by atoms with Gasteiger partial charge in [0.25, 0.3) is 10.2 Å². The van der Waals surface area contributed by atoms with E-state index < -0.39 is 10.2 Å². The molecule has 0 radical (unpaired) electrons. The van der Waals surface area contributed by atoms with Crippen LogP contribution < -0.4 is 5.73 Å². The van der Waals surface area contributed by atoms with Gasteiger partial charge in [-0.15, -0.1) is 0 Å². The van der Waals surface area contributed by atoms with Gasteiger partial charge in [0.05, 0.1) is 0 Å². The average molecular weight is 313 g/mol. The number of benzene rings is 1. The van der Waals surface area contributed by atoms with Crippen LogP contribution in [0.25, 0.3) is 0 Å². The lowest BCUT2D eigenvalue weighted by Gasteiger charge is -2.27. The minimum absolute atomic E-state index is 0.389. The monoisotopic (exact) mass is 313 g/mol. The Hall–Kier alpha value is -0.950. The standard InChI is InChI=1S/C15H27N3O2S/c1-3-4-12-17(2)21(19,20)18(13-8-11-16)14-15-9-6-5-7-10-15/h5-7,9-10H,3-4,8,11-14,16H2,1-2H3. The second kappa shape index (κ2) is 9.15. The first kappa shape index (κ1) is 18.1. The first-order chi connectivity index (χ1) is 10.0. The van der Waals surface area contributed by atoms with Crippen molar-refractivity contribution in [3.63, 3.8) is 0 Å². The fraction of sp³-hybridized carbons (Fsp3) is 0.600. The van der Waals surface area contributed by atoms with Gasteiger partial charge in [-0.25, -0.2) is 0 Å². The average Bonchev–Trinajstić information content (AvgIpc) is 2.49. The highest BCUT2D eigenvalue weighted by Gasteiger charge is 2.26. The second-order valence-electron chi connectivity index (χ2n) is 5.14. The summed E-state index contributed by atoms with van der Waals surface area (Å²) < 4.78 is 28.3. The number of rotatable bonds is 10. The molecule has 0 saturated carbocycles. The van der Waals surface area contributed by atoms with Crippen molar-refractivity contribution in [2.24, 2.45) is 5.73 Å². The van der Waals surface area contributed by atoms with E-state index in [0.29, 0.717) is 32.6 Å². The van der Waals surface area contributed by atoms with Crippen molar-refractivity contribution in [3.05, 3.63) is 35.9 Å². The van der Waals surface area contributed by atoms with Gasteiger partial charge in [0.15, 0.2) is 0 Å². The summed E-state index contributed by atoms with van der Waals surface area (Å²) in [6.07, 6.45) is 2.50. The van der Waals surface area contributed by atoms with Crippen molar-refractivity contribution in [1.82, 2.24) is 8.61 Å². The van der Waals surface area contributed by atoms with Crippen molar-refractivity contribution in [2.45, 2.75) is 32.7 Å². The number of nitrogens with zero attached hydrogens (tertiary/aromatic N) is 2. The molecule has 5 nitrogen and oxygen atoms in total. The van der Waals surface area contributed by atoms with E-state index >= 15 is 0 Å². The summed E-state index contributed by atoms with van der Waals surface area (Å²) in [6, 6.07) is 9.65. The Kier molecular flexibility index (Phi) is 7.88. The SMILES string of the molecule is CCCCN(C)S(=O)(=O)N(CCCN)Cc1ccccc1. The zero-order chi connectivity index (χ0) is 15.7. The van der Waals surface area contributed by atoms with E-state index in [1.165, 1.54) is 8.61 Å². The van der Waals surface area contributed by atoms with E-state index in [1.807, 2.05) is 30.3 Å². The summed E-state index contributed by atoms with van der Waals surface area (Å²) >= 11 is 0. The molecule has 21 heavy (non-hydrogen) atoms. The van der Waals surface area contributed by atoms with Crippen LogP contribution in [-0.2, 0) is 16.8 Å². The molecule has 1 aromatic rings. The van der Waals surface area contributed by atoms with Crippen molar-refractivity contribution < 1.29 is 8.42 Å². The molecule has 0 fully saturated rings. The van der Waals surface area contributed by atoms with Crippen molar-refractivity contribution in [2.75, 3.05) is 26.7 Å². The molecule has 1 rings (SSSR count). The highest BCUT2D eigenvalue weighted by atomic mass is 32.2. The smallest absolute Gasteiger partial charge is 0.282 e. The largest absolute Gasteiger partial charge is 0.330 e. The molecule has 0 amide bonds. The Morgan fingerprint density at radius 2 is 1.76 bits per heavy atom. The van der Waals surface area contributed by atoms with Crippen LogP contribution in [-0.4, -0.2) is 43.7 Å². The number of unbranched alkanes of at least 4 members (excludes halogenated alkanes) is 1. The lowest BCUT2D eigenvalue weighted by atomic mass is 10.2. The maximum absolute atomic E-state index is 12.7. The third-order valence-corrected chi connectivity index (χ3v) is 5.29. The highest BCUT2D eigenvalue weighted by molar-refractivity contribution is 7.86. The number of nitrogens with two attached hydrogens (primary N) is 1. The minimum Gasteiger partial charge on any atom is -0.330 e. The topological polar surface area (TPSA) is 66.6 Å². The highest BCUT2D eigenvalue weighted by Crippen LogP contribution is 2.13. The summed E-state index contributed by atoms with van der Waals surface area (Å²) in [5, 5.41) is 0. The van der Waals surface area contributed by atoms with Crippen LogP contribution in [0.5, 0.6) is 0 Å². The van der Waals surface area contributed by atoms with Crippen LogP contribution in [0.4, 0.5) is 0 Å². The van der Waals surface area contributed by atoms with Crippen LogP contribution >= 0.6 is 0 Å². The van der Waals surface area contributed by atoms with E-state index in [-0.39, 0.29) is 0 Å². The van der Waals surface area contributed by atoms with Crippen LogP contribution in [0, 0.1) is 0 Å². The molecule has 0 aliphatic heterocycles. The molecule has 0 spiro atoms. The van der Waals surface area contributed by atoms with Crippen LogP contribution in [0.1, 0.15) is 31.7 Å². The zero-order valence-corrected chi connectivity index (χ0v) is 13.8. The van der Waals surface area contributed by atoms with Crippen LogP contribution in [0.3, 0.4) is 0 Å². The molecule has 0 aliphatic rings. The van der Waals surface area contributed by atoms with Gasteiger partial charge < -0.3 is 5.73 Å². The van der Waals surface area contributed by atoms with Gasteiger partial charge in [0, 0.05) is 26.7 Å². The van der Waals surface area contributed by atoms with Crippen molar-refractivity contribution in [3.8, 4) is 0 Å². The third kappa shape index (κ3) is 5.74.